The van der Waals surface area contributed by atoms with E-state index in [1.165, 1.54) is 0 Å². The SMILES string of the molecule is CN=C(NCc1cccc(C(=O)OCc2ccccc2)c1)NC(C)COC.I. The van der Waals surface area contributed by atoms with Crippen LogP contribution >= 0.6 is 24.0 Å². The standard InChI is InChI=1S/C21H27N3O3.HI/c1-16(14-26-3)24-21(22-2)23-13-18-10-7-11-19(12-18)20(25)27-15-17-8-5-4-6-9-17;/h4-12,16H,13-15H2,1-3H3,(H2,22,23,24);1H. The van der Waals surface area contributed by atoms with E-state index in [0.29, 0.717) is 24.7 Å². The predicted molar refractivity (Wildman–Crippen MR) is 122 cm³/mol. The van der Waals surface area contributed by atoms with Crippen molar-refractivity contribution in [1.82, 2.24) is 10.6 Å². The summed E-state index contributed by atoms with van der Waals surface area (Å²) in [6, 6.07) is 17.1. The highest BCUT2D eigenvalue weighted by molar-refractivity contribution is 14.0. The molecule has 0 bridgehead atoms. The van der Waals surface area contributed by atoms with Crippen molar-refractivity contribution in [2.75, 3.05) is 20.8 Å². The number of aliphatic imine (C=N–C) groups is 1. The van der Waals surface area contributed by atoms with Crippen LogP contribution in [0.25, 0.3) is 0 Å². The first-order chi connectivity index (χ1) is 13.1. The Hall–Kier alpha value is -2.13. The van der Waals surface area contributed by atoms with E-state index in [1.54, 1.807) is 20.2 Å². The third-order valence-electron chi connectivity index (χ3n) is 3.86. The van der Waals surface area contributed by atoms with Crippen LogP contribution in [-0.2, 0) is 22.6 Å². The molecule has 28 heavy (non-hydrogen) atoms. The van der Waals surface area contributed by atoms with Crippen molar-refractivity contribution in [2.24, 2.45) is 4.99 Å². The van der Waals surface area contributed by atoms with Gasteiger partial charge in [-0.1, -0.05) is 42.5 Å². The van der Waals surface area contributed by atoms with E-state index < -0.39 is 0 Å². The molecule has 6 nitrogen and oxygen atoms in total. The molecule has 0 radical (unpaired) electrons. The number of hydrogen-bond donors (Lipinski definition) is 2. The molecule has 7 heteroatoms. The molecule has 0 spiro atoms. The predicted octanol–water partition coefficient (Wildman–Crippen LogP) is 3.36. The summed E-state index contributed by atoms with van der Waals surface area (Å²) in [4.78, 5) is 16.5. The fourth-order valence-corrected chi connectivity index (χ4v) is 2.52. The van der Waals surface area contributed by atoms with Gasteiger partial charge in [-0.15, -0.1) is 24.0 Å². The lowest BCUT2D eigenvalue weighted by Crippen LogP contribution is -2.43. The van der Waals surface area contributed by atoms with E-state index in [4.69, 9.17) is 9.47 Å². The first kappa shape index (κ1) is 23.9. The number of benzene rings is 2. The smallest absolute Gasteiger partial charge is 0.338 e. The van der Waals surface area contributed by atoms with Gasteiger partial charge in [0.2, 0.25) is 0 Å². The van der Waals surface area contributed by atoms with Gasteiger partial charge in [-0.25, -0.2) is 4.79 Å². The molecule has 0 aliphatic rings. The first-order valence-electron chi connectivity index (χ1n) is 8.88. The van der Waals surface area contributed by atoms with Gasteiger partial charge in [-0.2, -0.15) is 0 Å². The van der Waals surface area contributed by atoms with Gasteiger partial charge in [0.05, 0.1) is 12.2 Å². The highest BCUT2D eigenvalue weighted by atomic mass is 127. The second kappa shape index (κ2) is 13.1. The van der Waals surface area contributed by atoms with E-state index in [0.717, 1.165) is 11.1 Å². The lowest BCUT2D eigenvalue weighted by Gasteiger charge is -2.17. The number of esters is 1. The number of hydrogen-bond acceptors (Lipinski definition) is 4. The number of halogens is 1. The number of carbonyl (C=O) groups excluding carboxylic acids is 1. The minimum Gasteiger partial charge on any atom is -0.457 e. The fourth-order valence-electron chi connectivity index (χ4n) is 2.52. The number of ether oxygens (including phenoxy) is 2. The van der Waals surface area contributed by atoms with Gasteiger partial charge in [0.25, 0.3) is 0 Å². The minimum absolute atomic E-state index is 0. The molecule has 1 atom stereocenters. The third kappa shape index (κ3) is 8.26. The van der Waals surface area contributed by atoms with Gasteiger partial charge in [0.15, 0.2) is 5.96 Å². The van der Waals surface area contributed by atoms with Crippen LogP contribution in [-0.4, -0.2) is 38.7 Å². The van der Waals surface area contributed by atoms with Crippen LogP contribution in [0.2, 0.25) is 0 Å². The van der Waals surface area contributed by atoms with Gasteiger partial charge in [0, 0.05) is 26.7 Å². The molecule has 152 valence electrons. The summed E-state index contributed by atoms with van der Waals surface area (Å²) < 4.78 is 10.5. The Kier molecular flexibility index (Phi) is 11.2. The average Bonchev–Trinajstić information content (AvgIpc) is 2.70. The Labute approximate surface area is 183 Å². The molecule has 2 rings (SSSR count). The van der Waals surface area contributed by atoms with Crippen molar-refractivity contribution in [3.8, 4) is 0 Å². The van der Waals surface area contributed by atoms with Crippen molar-refractivity contribution in [1.29, 1.82) is 0 Å². The molecule has 0 aromatic heterocycles. The second-order valence-electron chi connectivity index (χ2n) is 6.19. The van der Waals surface area contributed by atoms with Crippen LogP contribution in [0.1, 0.15) is 28.4 Å². The Bertz CT molecular complexity index is 754. The van der Waals surface area contributed by atoms with Crippen molar-refractivity contribution in [3.63, 3.8) is 0 Å². The van der Waals surface area contributed by atoms with Crippen LogP contribution in [0.5, 0.6) is 0 Å². The summed E-state index contributed by atoms with van der Waals surface area (Å²) in [5.41, 5.74) is 2.45. The maximum Gasteiger partial charge on any atom is 0.338 e. The number of nitrogens with zero attached hydrogens (tertiary/aromatic N) is 1. The minimum atomic E-state index is -0.336. The highest BCUT2D eigenvalue weighted by Gasteiger charge is 2.09. The summed E-state index contributed by atoms with van der Waals surface area (Å²) in [7, 11) is 3.38. The van der Waals surface area contributed by atoms with E-state index >= 15 is 0 Å². The second-order valence-corrected chi connectivity index (χ2v) is 6.19. The van der Waals surface area contributed by atoms with Gasteiger partial charge in [-0.3, -0.25) is 4.99 Å². The molecular weight excluding hydrogens is 469 g/mol. The zero-order valence-electron chi connectivity index (χ0n) is 16.5. The van der Waals surface area contributed by atoms with Gasteiger partial charge < -0.3 is 20.1 Å². The molecule has 0 saturated heterocycles. The number of methoxy groups -OCH3 is 1. The topological polar surface area (TPSA) is 72.0 Å². The Morgan fingerprint density at radius 1 is 1.11 bits per heavy atom. The fraction of sp³-hybridized carbons (Fsp3) is 0.333. The number of guanidine groups is 1. The van der Waals surface area contributed by atoms with Crippen molar-refractivity contribution in [2.45, 2.75) is 26.1 Å². The zero-order chi connectivity index (χ0) is 19.5. The molecule has 0 saturated carbocycles. The van der Waals surface area contributed by atoms with Gasteiger partial charge in [-0.05, 0) is 30.2 Å². The monoisotopic (exact) mass is 497 g/mol. The van der Waals surface area contributed by atoms with E-state index in [2.05, 4.69) is 15.6 Å². The summed E-state index contributed by atoms with van der Waals surface area (Å²) in [5, 5.41) is 6.47. The molecule has 0 aliphatic carbocycles. The average molecular weight is 497 g/mol. The quantitative estimate of drug-likeness (QED) is 0.253. The Morgan fingerprint density at radius 3 is 2.50 bits per heavy atom. The van der Waals surface area contributed by atoms with E-state index in [9.17, 15) is 4.79 Å². The van der Waals surface area contributed by atoms with Gasteiger partial charge in [0.1, 0.15) is 6.61 Å². The van der Waals surface area contributed by atoms with Crippen molar-refractivity contribution < 1.29 is 14.3 Å². The van der Waals surface area contributed by atoms with Crippen molar-refractivity contribution in [3.05, 3.63) is 71.3 Å². The molecule has 2 aromatic carbocycles. The maximum atomic E-state index is 12.3. The molecule has 0 aliphatic heterocycles. The lowest BCUT2D eigenvalue weighted by molar-refractivity contribution is 0.0472. The van der Waals surface area contributed by atoms with Gasteiger partial charge >= 0.3 is 5.97 Å². The number of carbonyl (C=O) groups is 1. The summed E-state index contributed by atoms with van der Waals surface area (Å²) in [6.07, 6.45) is 0. The zero-order valence-corrected chi connectivity index (χ0v) is 18.8. The van der Waals surface area contributed by atoms with E-state index in [-0.39, 0.29) is 42.6 Å². The summed E-state index contributed by atoms with van der Waals surface area (Å²) in [6.45, 7) is 3.40. The normalized spacial score (nSPS) is 11.9. The molecule has 1 unspecified atom stereocenters. The highest BCUT2D eigenvalue weighted by Crippen LogP contribution is 2.09. The molecule has 0 heterocycles. The van der Waals surface area contributed by atoms with Crippen LogP contribution in [0.4, 0.5) is 0 Å². The molecule has 2 aromatic rings. The third-order valence-corrected chi connectivity index (χ3v) is 3.86. The molecular formula is C21H28IN3O3. The Morgan fingerprint density at radius 2 is 1.82 bits per heavy atom. The van der Waals surface area contributed by atoms with E-state index in [1.807, 2.05) is 55.5 Å². The number of nitrogens with one attached hydrogen (secondary N) is 2. The van der Waals surface area contributed by atoms with Crippen LogP contribution in [0.15, 0.2) is 59.6 Å². The van der Waals surface area contributed by atoms with Crippen LogP contribution in [0, 0.1) is 0 Å². The molecule has 2 N–H and O–H groups in total. The largest absolute Gasteiger partial charge is 0.457 e. The summed E-state index contributed by atoms with van der Waals surface area (Å²) in [5.74, 6) is 0.341. The molecule has 0 amide bonds. The maximum absolute atomic E-state index is 12.3. The summed E-state index contributed by atoms with van der Waals surface area (Å²) >= 11 is 0. The van der Waals surface area contributed by atoms with Crippen LogP contribution in [0.3, 0.4) is 0 Å². The molecule has 0 fully saturated rings. The van der Waals surface area contributed by atoms with Crippen LogP contribution < -0.4 is 10.6 Å². The Balaban J connectivity index is 0.00000392. The lowest BCUT2D eigenvalue weighted by atomic mass is 10.1. The number of rotatable bonds is 8. The van der Waals surface area contributed by atoms with Crippen molar-refractivity contribution >= 4 is 35.9 Å². The first-order valence-corrected chi connectivity index (χ1v) is 8.88.